The SMILES string of the molecule is COc1cc(-c2cc(=O)c3c(O)c([C@@H]4O[C@H](CO)[C@@H](O)[C@H](O)[C@H]4O[C@@H]4O[C@H](COC(=O)/C=C/c5ccc(O)cc5)[C@@H](O)[C@H](O)[C@H]4O)c(O)cc3o2)ccc1O[C@@H]1O[C@H](CO)[C@@H](O)[C@H](O)[C@H]1O. The van der Waals surface area contributed by atoms with Crippen LogP contribution in [0.5, 0.6) is 28.7 Å². The lowest BCUT2D eigenvalue weighted by molar-refractivity contribution is -0.342. The summed E-state index contributed by atoms with van der Waals surface area (Å²) >= 11 is 0. The van der Waals surface area contributed by atoms with Crippen LogP contribution in [0.25, 0.3) is 28.4 Å². The molecule has 3 aliphatic rings. The number of benzene rings is 3. The highest BCUT2D eigenvalue weighted by Gasteiger charge is 2.52. The van der Waals surface area contributed by atoms with Gasteiger partial charge in [0.15, 0.2) is 23.2 Å². The van der Waals surface area contributed by atoms with Crippen molar-refractivity contribution < 1.29 is 109 Å². The molecule has 23 nitrogen and oxygen atoms in total. The fraction of sp³-hybridized carbons (Fsp3) is 0.442. The van der Waals surface area contributed by atoms with E-state index >= 15 is 0 Å². The minimum Gasteiger partial charge on any atom is -0.508 e. The van der Waals surface area contributed by atoms with E-state index in [9.17, 15) is 76.0 Å². The number of ether oxygens (including phenoxy) is 7. The fourth-order valence-electron chi connectivity index (χ4n) is 7.69. The Morgan fingerprint density at radius 2 is 1.32 bits per heavy atom. The number of phenolic OH excluding ortho intramolecular Hbond substituents is 3. The van der Waals surface area contributed by atoms with Crippen LogP contribution in [0.4, 0.5) is 0 Å². The molecular weight excluding hydrogens is 884 g/mol. The molecule has 0 spiro atoms. The predicted octanol–water partition coefficient (Wildman–Crippen LogP) is -2.63. The lowest BCUT2D eigenvalue weighted by Crippen LogP contribution is -2.63. The normalized spacial score (nSPS) is 32.6. The molecule has 15 atom stereocenters. The van der Waals surface area contributed by atoms with Crippen LogP contribution in [0.15, 0.2) is 69.9 Å². The smallest absolute Gasteiger partial charge is 0.330 e. The summed E-state index contributed by atoms with van der Waals surface area (Å²) in [5, 5.41) is 137. The average Bonchev–Trinajstić information content (AvgIpc) is 3.30. The molecule has 3 saturated heterocycles. The maximum Gasteiger partial charge on any atom is 0.330 e. The first-order valence-corrected chi connectivity index (χ1v) is 20.3. The van der Waals surface area contributed by atoms with E-state index in [0.29, 0.717) is 5.56 Å². The van der Waals surface area contributed by atoms with Gasteiger partial charge in [-0.25, -0.2) is 4.79 Å². The van der Waals surface area contributed by atoms with Crippen LogP contribution in [0.2, 0.25) is 0 Å². The van der Waals surface area contributed by atoms with Crippen molar-refractivity contribution in [2.45, 2.75) is 91.9 Å². The number of esters is 1. The Morgan fingerprint density at radius 1 is 0.697 bits per heavy atom. The van der Waals surface area contributed by atoms with Crippen molar-refractivity contribution in [1.82, 2.24) is 0 Å². The van der Waals surface area contributed by atoms with E-state index in [0.717, 1.165) is 18.2 Å². The zero-order chi connectivity index (χ0) is 47.7. The van der Waals surface area contributed by atoms with Gasteiger partial charge in [0.05, 0.1) is 25.9 Å². The number of aliphatic hydroxyl groups excluding tert-OH is 10. The van der Waals surface area contributed by atoms with Crippen LogP contribution in [-0.4, -0.2) is 185 Å². The first-order valence-electron chi connectivity index (χ1n) is 20.3. The number of carbonyl (C=O) groups excluding carboxylic acids is 1. The van der Waals surface area contributed by atoms with Crippen molar-refractivity contribution in [3.63, 3.8) is 0 Å². The first kappa shape index (κ1) is 48.5. The van der Waals surface area contributed by atoms with Crippen LogP contribution in [0, 0.1) is 0 Å². The Morgan fingerprint density at radius 3 is 1.98 bits per heavy atom. The fourth-order valence-corrected chi connectivity index (χ4v) is 7.69. The highest BCUT2D eigenvalue weighted by atomic mass is 16.7. The molecule has 358 valence electrons. The molecule has 13 N–H and O–H groups in total. The third-order valence-corrected chi connectivity index (χ3v) is 11.4. The molecule has 0 radical (unpaired) electrons. The number of hydrogen-bond acceptors (Lipinski definition) is 23. The van der Waals surface area contributed by atoms with Gasteiger partial charge in [0.25, 0.3) is 0 Å². The second kappa shape index (κ2) is 20.2. The first-order chi connectivity index (χ1) is 31.4. The third kappa shape index (κ3) is 9.67. The van der Waals surface area contributed by atoms with Crippen LogP contribution in [0.3, 0.4) is 0 Å². The summed E-state index contributed by atoms with van der Waals surface area (Å²) in [7, 11) is 1.26. The molecule has 0 saturated carbocycles. The number of phenols is 3. The summed E-state index contributed by atoms with van der Waals surface area (Å²) in [6, 6.07) is 11.8. The average molecular weight is 933 g/mol. The number of aromatic hydroxyl groups is 3. The van der Waals surface area contributed by atoms with E-state index in [1.165, 1.54) is 55.7 Å². The highest BCUT2D eigenvalue weighted by molar-refractivity contribution is 5.88. The van der Waals surface area contributed by atoms with E-state index in [-0.39, 0.29) is 34.2 Å². The van der Waals surface area contributed by atoms with Gasteiger partial charge >= 0.3 is 5.97 Å². The molecule has 0 unspecified atom stereocenters. The second-order valence-corrected chi connectivity index (χ2v) is 15.6. The Bertz CT molecular complexity index is 2420. The van der Waals surface area contributed by atoms with E-state index < -0.39 is 146 Å². The Hall–Kier alpha value is -5.48. The summed E-state index contributed by atoms with van der Waals surface area (Å²) in [4.78, 5) is 26.2. The molecule has 0 amide bonds. The van der Waals surface area contributed by atoms with Gasteiger partial charge in [0, 0.05) is 23.8 Å². The van der Waals surface area contributed by atoms with Crippen molar-refractivity contribution in [3.05, 3.63) is 82.0 Å². The molecule has 3 fully saturated rings. The Kier molecular flexibility index (Phi) is 14.8. The Balaban J connectivity index is 1.14. The van der Waals surface area contributed by atoms with Gasteiger partial charge in [0.2, 0.25) is 6.29 Å². The topological polar surface area (TPSA) is 375 Å². The van der Waals surface area contributed by atoms with Crippen LogP contribution in [-0.2, 0) is 28.5 Å². The second-order valence-electron chi connectivity index (χ2n) is 15.6. The molecule has 23 heteroatoms. The number of fused-ring (bicyclic) bond motifs is 1. The zero-order valence-corrected chi connectivity index (χ0v) is 34.5. The van der Waals surface area contributed by atoms with E-state index in [1.54, 1.807) is 0 Å². The van der Waals surface area contributed by atoms with Crippen molar-refractivity contribution in [1.29, 1.82) is 0 Å². The third-order valence-electron chi connectivity index (χ3n) is 11.4. The molecule has 0 bridgehead atoms. The number of carbonyl (C=O) groups is 1. The van der Waals surface area contributed by atoms with Gasteiger partial charge in [-0.15, -0.1) is 0 Å². The van der Waals surface area contributed by atoms with Gasteiger partial charge in [-0.1, -0.05) is 12.1 Å². The van der Waals surface area contributed by atoms with Gasteiger partial charge < -0.3 is 104 Å². The zero-order valence-electron chi connectivity index (χ0n) is 34.5. The molecule has 7 rings (SSSR count). The van der Waals surface area contributed by atoms with E-state index in [4.69, 9.17) is 37.6 Å². The van der Waals surface area contributed by atoms with E-state index in [1.807, 2.05) is 0 Å². The molecule has 4 heterocycles. The summed E-state index contributed by atoms with van der Waals surface area (Å²) in [6.45, 7) is -2.32. The summed E-state index contributed by atoms with van der Waals surface area (Å²) in [5.41, 5.74) is -1.19. The van der Waals surface area contributed by atoms with E-state index in [2.05, 4.69) is 0 Å². The standard InChI is InChI=1S/C43H48O23/c1-59-23-10-17(5-8-21(23)63-42-38(57)35(54)31(50)26(14-45)64-42)22-11-19(47)29-24(61-22)12-20(48)30(34(29)53)40-41(37(56)32(51)25(13-44)62-40)66-43-39(58)36(55)33(52)27(65-43)15-60-28(49)9-4-16-2-6-18(46)7-3-16/h2-12,25-27,31-33,35-46,48,50-58H,13-15H2,1H3/b9-4+/t25-,26-,27-,31-,32-,33-,35+,36+,37+,38-,39-,40+,41-,42-,43+/m1/s1. The predicted molar refractivity (Wildman–Crippen MR) is 219 cm³/mol. The molecule has 0 aliphatic carbocycles. The maximum absolute atomic E-state index is 13.8. The van der Waals surface area contributed by atoms with Gasteiger partial charge in [-0.05, 0) is 42.0 Å². The molecule has 3 aromatic carbocycles. The highest BCUT2D eigenvalue weighted by Crippen LogP contribution is 2.46. The van der Waals surface area contributed by atoms with Crippen LogP contribution < -0.4 is 14.9 Å². The molecule has 3 aliphatic heterocycles. The lowest BCUT2D eigenvalue weighted by Gasteiger charge is -2.46. The number of aliphatic hydroxyl groups is 10. The Labute approximate surface area is 372 Å². The lowest BCUT2D eigenvalue weighted by atomic mass is 9.89. The van der Waals surface area contributed by atoms with Crippen LogP contribution in [0.1, 0.15) is 17.2 Å². The summed E-state index contributed by atoms with van der Waals surface area (Å²) < 4.78 is 44.9. The van der Waals surface area contributed by atoms with Gasteiger partial charge in [0.1, 0.15) is 120 Å². The number of methoxy groups -OCH3 is 1. The van der Waals surface area contributed by atoms with Crippen molar-refractivity contribution in [3.8, 4) is 40.1 Å². The summed E-state index contributed by atoms with van der Waals surface area (Å²) in [6.07, 6.45) is -24.4. The quantitative estimate of drug-likeness (QED) is 0.0482. The van der Waals surface area contributed by atoms with Crippen molar-refractivity contribution >= 4 is 23.0 Å². The minimum absolute atomic E-state index is 0.00187. The number of rotatable bonds is 13. The molecule has 4 aromatic rings. The van der Waals surface area contributed by atoms with Crippen LogP contribution >= 0.6 is 0 Å². The molecule has 1 aromatic heterocycles. The monoisotopic (exact) mass is 932 g/mol. The summed E-state index contributed by atoms with van der Waals surface area (Å²) in [5.74, 6) is -2.89. The van der Waals surface area contributed by atoms with Crippen molar-refractivity contribution in [2.75, 3.05) is 26.9 Å². The van der Waals surface area contributed by atoms with Gasteiger partial charge in [-0.3, -0.25) is 4.79 Å². The molecular formula is C43H48O23. The number of hydrogen-bond donors (Lipinski definition) is 13. The largest absolute Gasteiger partial charge is 0.508 e. The maximum atomic E-state index is 13.8. The van der Waals surface area contributed by atoms with Gasteiger partial charge in [-0.2, -0.15) is 0 Å². The minimum atomic E-state index is -2.07. The van der Waals surface area contributed by atoms with Crippen molar-refractivity contribution in [2.24, 2.45) is 0 Å². The molecule has 66 heavy (non-hydrogen) atoms.